The van der Waals surface area contributed by atoms with E-state index in [4.69, 9.17) is 13.7 Å². The van der Waals surface area contributed by atoms with Gasteiger partial charge in [0.05, 0.1) is 39.4 Å². The second-order valence-electron chi connectivity index (χ2n) is 5.92. The maximum absolute atomic E-state index is 12.2. The summed E-state index contributed by atoms with van der Waals surface area (Å²) >= 11 is 5.10. The molecule has 0 N–H and O–H groups in total. The highest BCUT2D eigenvalue weighted by Crippen LogP contribution is 2.26. The van der Waals surface area contributed by atoms with E-state index in [1.807, 2.05) is 0 Å². The summed E-state index contributed by atoms with van der Waals surface area (Å²) in [5.74, 6) is 0.446. The Balaban J connectivity index is 2.09. The molecule has 0 aromatic carbocycles. The molecule has 0 bridgehead atoms. The molecule has 1 unspecified atom stereocenters. The van der Waals surface area contributed by atoms with Crippen LogP contribution in [0.5, 0.6) is 0 Å². The lowest BCUT2D eigenvalue weighted by atomic mass is 10.1. The molecule has 26 heavy (non-hydrogen) atoms. The molecule has 1 saturated heterocycles. The Morgan fingerprint density at radius 2 is 1.96 bits per heavy atom. The van der Waals surface area contributed by atoms with Crippen LogP contribution in [-0.2, 0) is 28.0 Å². The summed E-state index contributed by atoms with van der Waals surface area (Å²) in [4.78, 5) is 36.7. The van der Waals surface area contributed by atoms with Crippen molar-refractivity contribution in [2.24, 2.45) is 0 Å². The molecular formula is C17H29NO6S2. The van der Waals surface area contributed by atoms with E-state index in [1.54, 1.807) is 7.11 Å². The average molecular weight is 408 g/mol. The molecule has 1 atom stereocenters. The summed E-state index contributed by atoms with van der Waals surface area (Å²) in [5.41, 5.74) is 0. The van der Waals surface area contributed by atoms with Crippen LogP contribution in [-0.4, -0.2) is 73.6 Å². The molecule has 1 heterocycles. The fourth-order valence-electron chi connectivity index (χ4n) is 2.40. The molecule has 1 aliphatic rings. The predicted molar refractivity (Wildman–Crippen MR) is 103 cm³/mol. The van der Waals surface area contributed by atoms with Gasteiger partial charge in [0, 0.05) is 32.0 Å². The highest BCUT2D eigenvalue weighted by Gasteiger charge is 2.39. The summed E-state index contributed by atoms with van der Waals surface area (Å²) in [6.07, 6.45) is 3.86. The van der Waals surface area contributed by atoms with E-state index in [-0.39, 0.29) is 30.6 Å². The van der Waals surface area contributed by atoms with Crippen molar-refractivity contribution in [3.05, 3.63) is 0 Å². The monoisotopic (exact) mass is 407 g/mol. The van der Waals surface area contributed by atoms with Gasteiger partial charge < -0.3 is 13.7 Å². The number of methoxy groups -OCH3 is 1. The van der Waals surface area contributed by atoms with E-state index in [9.17, 15) is 14.4 Å². The van der Waals surface area contributed by atoms with Crippen molar-refractivity contribution in [3.63, 3.8) is 0 Å². The van der Waals surface area contributed by atoms with Gasteiger partial charge in [0.15, 0.2) is 0 Å². The third-order valence-corrected chi connectivity index (χ3v) is 4.98. The van der Waals surface area contributed by atoms with Crippen molar-refractivity contribution in [1.82, 2.24) is 4.90 Å². The van der Waals surface area contributed by atoms with E-state index >= 15 is 0 Å². The van der Waals surface area contributed by atoms with Gasteiger partial charge >= 0.3 is 0 Å². The van der Waals surface area contributed by atoms with E-state index in [2.05, 4.69) is 12.6 Å². The third kappa shape index (κ3) is 9.36. The smallest absolute Gasteiger partial charge is 0.245 e. The van der Waals surface area contributed by atoms with Crippen LogP contribution in [0.25, 0.3) is 0 Å². The van der Waals surface area contributed by atoms with E-state index in [0.717, 1.165) is 31.3 Å². The number of carbonyl (C=O) groups excluding carboxylic acids is 3. The lowest BCUT2D eigenvalue weighted by Gasteiger charge is -2.14. The number of hydrogen-bond donors (Lipinski definition) is 1. The Morgan fingerprint density at radius 3 is 2.69 bits per heavy atom. The first-order valence-corrected chi connectivity index (χ1v) is 10.4. The zero-order valence-electron chi connectivity index (χ0n) is 15.3. The molecule has 1 fully saturated rings. The maximum atomic E-state index is 12.2. The Hall–Kier alpha value is -0.610. The molecule has 0 saturated carbocycles. The lowest BCUT2D eigenvalue weighted by Crippen LogP contribution is -2.34. The Morgan fingerprint density at radius 1 is 1.15 bits per heavy atom. The second-order valence-corrected chi connectivity index (χ2v) is 7.37. The fourth-order valence-corrected chi connectivity index (χ4v) is 3.45. The molecule has 0 aliphatic carbocycles. The van der Waals surface area contributed by atoms with Crippen LogP contribution in [0.15, 0.2) is 0 Å². The minimum Gasteiger partial charge on any atom is -0.382 e. The molecule has 9 heteroatoms. The standard InChI is InChI=1S/C17H29NO6S2/c1-22-10-11-23-9-7-18-16(20)13-15(17(18)21)26-24-8-4-2-3-5-14(19)6-12-25/h15,25H,2-13H2,1H3. The minimum atomic E-state index is -0.474. The number of ether oxygens (including phenoxy) is 2. The van der Waals surface area contributed by atoms with Crippen molar-refractivity contribution in [2.45, 2.75) is 43.8 Å². The number of ketones is 1. The summed E-state index contributed by atoms with van der Waals surface area (Å²) < 4.78 is 15.6. The molecular weight excluding hydrogens is 378 g/mol. The zero-order valence-corrected chi connectivity index (χ0v) is 17.0. The molecule has 1 rings (SSSR count). The van der Waals surface area contributed by atoms with Crippen molar-refractivity contribution >= 4 is 42.3 Å². The highest BCUT2D eigenvalue weighted by atomic mass is 32.2. The first kappa shape index (κ1) is 23.4. The summed E-state index contributed by atoms with van der Waals surface area (Å²) in [7, 11) is 1.59. The van der Waals surface area contributed by atoms with Crippen molar-refractivity contribution < 1.29 is 28.0 Å². The number of thiol groups is 1. The van der Waals surface area contributed by atoms with E-state index < -0.39 is 5.25 Å². The largest absolute Gasteiger partial charge is 0.382 e. The topological polar surface area (TPSA) is 82.1 Å². The first-order valence-electron chi connectivity index (χ1n) is 8.91. The number of carbonyl (C=O) groups is 3. The maximum Gasteiger partial charge on any atom is 0.245 e. The number of likely N-dealkylation sites (tertiary alicyclic amines) is 1. The van der Waals surface area contributed by atoms with Gasteiger partial charge in [-0.15, -0.1) is 0 Å². The summed E-state index contributed by atoms with van der Waals surface area (Å²) in [6, 6.07) is 0. The summed E-state index contributed by atoms with van der Waals surface area (Å²) in [6.45, 7) is 2.00. The molecule has 150 valence electrons. The number of amides is 2. The van der Waals surface area contributed by atoms with Crippen LogP contribution >= 0.6 is 24.7 Å². The molecule has 0 radical (unpaired) electrons. The molecule has 7 nitrogen and oxygen atoms in total. The number of imide groups is 1. The van der Waals surface area contributed by atoms with Crippen molar-refractivity contribution in [2.75, 3.05) is 45.8 Å². The molecule has 0 spiro atoms. The van der Waals surface area contributed by atoms with Gasteiger partial charge in [-0.3, -0.25) is 19.3 Å². The van der Waals surface area contributed by atoms with Crippen molar-refractivity contribution in [3.8, 4) is 0 Å². The predicted octanol–water partition coefficient (Wildman–Crippen LogP) is 1.89. The van der Waals surface area contributed by atoms with Crippen LogP contribution in [0.3, 0.4) is 0 Å². The molecule has 0 aromatic rings. The van der Waals surface area contributed by atoms with Crippen LogP contribution in [0.4, 0.5) is 0 Å². The lowest BCUT2D eigenvalue weighted by molar-refractivity contribution is -0.139. The molecule has 1 aliphatic heterocycles. The highest BCUT2D eigenvalue weighted by molar-refractivity contribution is 7.96. The Labute approximate surface area is 165 Å². The van der Waals surface area contributed by atoms with Gasteiger partial charge in [-0.05, 0) is 18.6 Å². The summed E-state index contributed by atoms with van der Waals surface area (Å²) in [5, 5.41) is -0.474. The Bertz CT molecular complexity index is 449. The van der Waals surface area contributed by atoms with Gasteiger partial charge in [-0.25, -0.2) is 0 Å². The van der Waals surface area contributed by atoms with Crippen LogP contribution < -0.4 is 0 Å². The average Bonchev–Trinajstić information content (AvgIpc) is 2.88. The van der Waals surface area contributed by atoms with Gasteiger partial charge in [0.1, 0.15) is 11.0 Å². The van der Waals surface area contributed by atoms with Gasteiger partial charge in [0.25, 0.3) is 0 Å². The zero-order chi connectivity index (χ0) is 19.2. The number of unbranched alkanes of at least 4 members (excludes halogenated alkanes) is 2. The van der Waals surface area contributed by atoms with Gasteiger partial charge in [-0.1, -0.05) is 6.42 Å². The van der Waals surface area contributed by atoms with Gasteiger partial charge in [-0.2, -0.15) is 12.6 Å². The SMILES string of the molecule is COCCOCCN1C(=O)CC(SOCCCCCC(=O)CCS)C1=O. The quantitative estimate of drug-likeness (QED) is 0.181. The molecule has 2 amide bonds. The Kier molecular flexibility index (Phi) is 13.0. The fraction of sp³-hybridized carbons (Fsp3) is 0.824. The van der Waals surface area contributed by atoms with Gasteiger partial charge in [0.2, 0.25) is 11.8 Å². The number of rotatable bonds is 16. The van der Waals surface area contributed by atoms with E-state index in [1.165, 1.54) is 4.90 Å². The van der Waals surface area contributed by atoms with Crippen LogP contribution in [0.1, 0.15) is 38.5 Å². The normalized spacial score (nSPS) is 17.3. The van der Waals surface area contributed by atoms with Crippen LogP contribution in [0, 0.1) is 0 Å². The first-order chi connectivity index (χ1) is 12.6. The third-order valence-electron chi connectivity index (χ3n) is 3.85. The van der Waals surface area contributed by atoms with E-state index in [0.29, 0.717) is 45.0 Å². The van der Waals surface area contributed by atoms with Crippen LogP contribution in [0.2, 0.25) is 0 Å². The number of nitrogens with zero attached hydrogens (tertiary/aromatic N) is 1. The second kappa shape index (κ2) is 14.4. The number of Topliss-reactive ketones (excluding diaryl/α,β-unsaturated/α-hetero) is 1. The molecule has 0 aromatic heterocycles. The minimum absolute atomic E-state index is 0.166. The number of hydrogen-bond acceptors (Lipinski definition) is 8. The van der Waals surface area contributed by atoms with Crippen molar-refractivity contribution in [1.29, 1.82) is 0 Å².